The summed E-state index contributed by atoms with van der Waals surface area (Å²) in [5.74, 6) is 0.774. The van der Waals surface area contributed by atoms with E-state index in [2.05, 4.69) is 29.8 Å². The fourth-order valence-electron chi connectivity index (χ4n) is 2.45. The average Bonchev–Trinajstić information content (AvgIpc) is 2.71. The first-order chi connectivity index (χ1) is 14.0. The second kappa shape index (κ2) is 11.7. The number of hydrogen-bond acceptors (Lipinski definition) is 5. The van der Waals surface area contributed by atoms with Crippen molar-refractivity contribution in [3.8, 4) is 5.75 Å². The Morgan fingerprint density at radius 2 is 1.79 bits per heavy atom. The summed E-state index contributed by atoms with van der Waals surface area (Å²) in [4.78, 5) is 24.3. The summed E-state index contributed by atoms with van der Waals surface area (Å²) >= 11 is 0. The van der Waals surface area contributed by atoms with Gasteiger partial charge in [-0.2, -0.15) is 0 Å². The Kier molecular flexibility index (Phi) is 8.98. The summed E-state index contributed by atoms with van der Waals surface area (Å²) in [7, 11) is 1.57. The number of nitrogens with one attached hydrogen (secondary N) is 3. The molecule has 2 rings (SSSR count). The summed E-state index contributed by atoms with van der Waals surface area (Å²) in [6, 6.07) is 14.3. The standard InChI is InChI=1S/C22H29N3O4/c1-16(2)15-29-20-9-5-7-18(13-20)24-14-21(26)25-19-8-4-6-17(12-19)22(27)23-10-11-28-3/h4-9,12-13,16,24H,10-11,14-15H2,1-3H3,(H,23,27)(H,25,26). The molecule has 0 bridgehead atoms. The maximum absolute atomic E-state index is 12.3. The van der Waals surface area contributed by atoms with Crippen molar-refractivity contribution in [3.05, 3.63) is 54.1 Å². The molecule has 0 aliphatic rings. The highest BCUT2D eigenvalue weighted by molar-refractivity contribution is 5.98. The summed E-state index contributed by atoms with van der Waals surface area (Å²) in [5, 5.41) is 8.62. The molecule has 0 aliphatic carbocycles. The monoisotopic (exact) mass is 399 g/mol. The third kappa shape index (κ3) is 8.23. The van der Waals surface area contributed by atoms with E-state index in [9.17, 15) is 9.59 Å². The van der Waals surface area contributed by atoms with Gasteiger partial charge in [-0.05, 0) is 36.2 Å². The first-order valence-corrected chi connectivity index (χ1v) is 9.61. The van der Waals surface area contributed by atoms with Crippen LogP contribution in [0.1, 0.15) is 24.2 Å². The lowest BCUT2D eigenvalue weighted by Gasteiger charge is -2.12. The molecule has 7 nitrogen and oxygen atoms in total. The summed E-state index contributed by atoms with van der Waals surface area (Å²) in [6.45, 7) is 5.78. The Labute approximate surface area is 171 Å². The van der Waals surface area contributed by atoms with Crippen molar-refractivity contribution in [2.75, 3.05) is 44.0 Å². The van der Waals surface area contributed by atoms with Crippen LogP contribution in [0.3, 0.4) is 0 Å². The predicted molar refractivity (Wildman–Crippen MR) is 115 cm³/mol. The molecule has 0 saturated heterocycles. The van der Waals surface area contributed by atoms with Crippen LogP contribution in [-0.2, 0) is 9.53 Å². The summed E-state index contributed by atoms with van der Waals surface area (Å²) < 4.78 is 10.6. The molecule has 2 aromatic carbocycles. The highest BCUT2D eigenvalue weighted by atomic mass is 16.5. The van der Waals surface area contributed by atoms with Crippen molar-refractivity contribution >= 4 is 23.2 Å². The van der Waals surface area contributed by atoms with Crippen LogP contribution in [0, 0.1) is 5.92 Å². The van der Waals surface area contributed by atoms with Gasteiger partial charge in [0.05, 0.1) is 19.8 Å². The van der Waals surface area contributed by atoms with E-state index in [0.29, 0.717) is 36.9 Å². The van der Waals surface area contributed by atoms with Gasteiger partial charge in [-0.1, -0.05) is 26.0 Å². The number of benzene rings is 2. The number of hydrogen-bond donors (Lipinski definition) is 3. The van der Waals surface area contributed by atoms with Gasteiger partial charge in [-0.25, -0.2) is 0 Å². The third-order valence-corrected chi connectivity index (χ3v) is 3.87. The molecule has 0 fully saturated rings. The zero-order valence-corrected chi connectivity index (χ0v) is 17.2. The van der Waals surface area contributed by atoms with E-state index in [1.807, 2.05) is 24.3 Å². The lowest BCUT2D eigenvalue weighted by Crippen LogP contribution is -2.27. The van der Waals surface area contributed by atoms with Crippen LogP contribution in [0.5, 0.6) is 5.75 Å². The fraction of sp³-hybridized carbons (Fsp3) is 0.364. The van der Waals surface area contributed by atoms with Gasteiger partial charge in [-0.15, -0.1) is 0 Å². The number of methoxy groups -OCH3 is 1. The van der Waals surface area contributed by atoms with Crippen LogP contribution < -0.4 is 20.7 Å². The number of amides is 2. The van der Waals surface area contributed by atoms with Gasteiger partial charge >= 0.3 is 0 Å². The lowest BCUT2D eigenvalue weighted by molar-refractivity contribution is -0.114. The Morgan fingerprint density at radius 1 is 1.03 bits per heavy atom. The molecule has 0 radical (unpaired) electrons. The topological polar surface area (TPSA) is 88.7 Å². The van der Waals surface area contributed by atoms with Gasteiger partial charge in [0.2, 0.25) is 5.91 Å². The largest absolute Gasteiger partial charge is 0.493 e. The minimum atomic E-state index is -0.213. The molecule has 2 amide bonds. The van der Waals surface area contributed by atoms with Crippen LogP contribution in [0.2, 0.25) is 0 Å². The molecular formula is C22H29N3O4. The van der Waals surface area contributed by atoms with Crippen LogP contribution in [0.4, 0.5) is 11.4 Å². The molecule has 2 aromatic rings. The Morgan fingerprint density at radius 3 is 2.55 bits per heavy atom. The van der Waals surface area contributed by atoms with Crippen molar-refractivity contribution in [3.63, 3.8) is 0 Å². The number of carbonyl (C=O) groups excluding carboxylic acids is 2. The van der Waals surface area contributed by atoms with E-state index in [-0.39, 0.29) is 18.4 Å². The van der Waals surface area contributed by atoms with E-state index >= 15 is 0 Å². The van der Waals surface area contributed by atoms with Crippen LogP contribution in [-0.4, -0.2) is 45.2 Å². The van der Waals surface area contributed by atoms with Gasteiger partial charge in [0, 0.05) is 36.7 Å². The highest BCUT2D eigenvalue weighted by Gasteiger charge is 2.08. The zero-order chi connectivity index (χ0) is 21.1. The van der Waals surface area contributed by atoms with Gasteiger partial charge in [0.15, 0.2) is 0 Å². The molecule has 0 saturated carbocycles. The number of carbonyl (C=O) groups is 2. The van der Waals surface area contributed by atoms with Crippen LogP contribution in [0.15, 0.2) is 48.5 Å². The van der Waals surface area contributed by atoms with Crippen molar-refractivity contribution in [1.29, 1.82) is 0 Å². The smallest absolute Gasteiger partial charge is 0.251 e. The van der Waals surface area contributed by atoms with Crippen molar-refractivity contribution < 1.29 is 19.1 Å². The normalized spacial score (nSPS) is 10.5. The molecule has 0 spiro atoms. The number of ether oxygens (including phenoxy) is 2. The molecule has 0 aromatic heterocycles. The van der Waals surface area contributed by atoms with Gasteiger partial charge < -0.3 is 25.4 Å². The number of anilines is 2. The lowest BCUT2D eigenvalue weighted by atomic mass is 10.2. The molecule has 0 atom stereocenters. The van der Waals surface area contributed by atoms with Crippen molar-refractivity contribution in [2.45, 2.75) is 13.8 Å². The minimum Gasteiger partial charge on any atom is -0.493 e. The summed E-state index contributed by atoms with van der Waals surface area (Å²) in [5.41, 5.74) is 1.83. The molecule has 156 valence electrons. The molecule has 29 heavy (non-hydrogen) atoms. The maximum Gasteiger partial charge on any atom is 0.251 e. The molecule has 0 aliphatic heterocycles. The molecule has 7 heteroatoms. The number of rotatable bonds is 11. The first-order valence-electron chi connectivity index (χ1n) is 9.61. The van der Waals surface area contributed by atoms with Gasteiger partial charge in [0.1, 0.15) is 5.75 Å². The second-order valence-electron chi connectivity index (χ2n) is 6.96. The molecule has 0 heterocycles. The SMILES string of the molecule is COCCNC(=O)c1cccc(NC(=O)CNc2cccc(OCC(C)C)c2)c1. The quantitative estimate of drug-likeness (QED) is 0.505. The Balaban J connectivity index is 1.86. The van der Waals surface area contributed by atoms with E-state index in [1.165, 1.54) is 0 Å². The predicted octanol–water partition coefficient (Wildman–Crippen LogP) is 3.15. The second-order valence-corrected chi connectivity index (χ2v) is 6.96. The first kappa shape index (κ1) is 22.2. The minimum absolute atomic E-state index is 0.0951. The maximum atomic E-state index is 12.3. The van der Waals surface area contributed by atoms with Crippen LogP contribution >= 0.6 is 0 Å². The van der Waals surface area contributed by atoms with E-state index in [4.69, 9.17) is 9.47 Å². The highest BCUT2D eigenvalue weighted by Crippen LogP contribution is 2.18. The summed E-state index contributed by atoms with van der Waals surface area (Å²) in [6.07, 6.45) is 0. The van der Waals surface area contributed by atoms with Gasteiger partial charge in [0.25, 0.3) is 5.91 Å². The van der Waals surface area contributed by atoms with Crippen molar-refractivity contribution in [2.24, 2.45) is 5.92 Å². The Hall–Kier alpha value is -3.06. The van der Waals surface area contributed by atoms with Crippen LogP contribution in [0.25, 0.3) is 0 Å². The van der Waals surface area contributed by atoms with Crippen molar-refractivity contribution in [1.82, 2.24) is 5.32 Å². The third-order valence-electron chi connectivity index (χ3n) is 3.87. The van der Waals surface area contributed by atoms with E-state index in [0.717, 1.165) is 11.4 Å². The van der Waals surface area contributed by atoms with E-state index < -0.39 is 0 Å². The fourth-order valence-corrected chi connectivity index (χ4v) is 2.45. The average molecular weight is 399 g/mol. The molecule has 3 N–H and O–H groups in total. The van der Waals surface area contributed by atoms with Gasteiger partial charge in [-0.3, -0.25) is 9.59 Å². The molecule has 0 unspecified atom stereocenters. The van der Waals surface area contributed by atoms with E-state index in [1.54, 1.807) is 31.4 Å². The Bertz CT molecular complexity index is 808. The zero-order valence-electron chi connectivity index (χ0n) is 17.2. The molecular weight excluding hydrogens is 370 g/mol.